The van der Waals surface area contributed by atoms with Gasteiger partial charge in [0.25, 0.3) is 0 Å². The van der Waals surface area contributed by atoms with E-state index in [4.69, 9.17) is 10.2 Å². The summed E-state index contributed by atoms with van der Waals surface area (Å²) in [6.45, 7) is 0.588. The van der Waals surface area contributed by atoms with E-state index in [2.05, 4.69) is 9.89 Å². The van der Waals surface area contributed by atoms with E-state index in [0.717, 1.165) is 5.76 Å². The summed E-state index contributed by atoms with van der Waals surface area (Å²) in [5.41, 5.74) is 5.75. The molecule has 2 N–H and O–H groups in total. The van der Waals surface area contributed by atoms with Crippen LogP contribution in [0.1, 0.15) is 11.8 Å². The first-order chi connectivity index (χ1) is 7.52. The van der Waals surface area contributed by atoms with Crippen LogP contribution in [0, 0.1) is 0 Å². The van der Waals surface area contributed by atoms with Crippen molar-refractivity contribution in [3.8, 4) is 0 Å². The highest BCUT2D eigenvalue weighted by Gasteiger charge is 2.16. The summed E-state index contributed by atoms with van der Waals surface area (Å²) in [5, 5.41) is 0. The molecule has 1 rings (SSSR count). The largest absolute Gasteiger partial charge is 0.468 e. The Balaban J connectivity index is 0.00000256. The molecule has 0 amide bonds. The van der Waals surface area contributed by atoms with Crippen molar-refractivity contribution in [1.82, 2.24) is 9.80 Å². The lowest BCUT2D eigenvalue weighted by Gasteiger charge is -2.21. The van der Waals surface area contributed by atoms with Crippen LogP contribution in [0.25, 0.3) is 0 Å². The first kappa shape index (κ1) is 16.2. The number of halogens is 1. The molecular weight excluding hydrogens is 331 g/mol. The van der Waals surface area contributed by atoms with Gasteiger partial charge in [0.1, 0.15) is 5.76 Å². The molecule has 1 aromatic rings. The minimum Gasteiger partial charge on any atom is -0.468 e. The van der Waals surface area contributed by atoms with E-state index in [1.807, 2.05) is 40.3 Å². The van der Waals surface area contributed by atoms with Gasteiger partial charge in [-0.1, -0.05) is 0 Å². The molecule has 0 saturated carbocycles. The first-order valence-electron chi connectivity index (χ1n) is 5.19. The average Bonchev–Trinajstić information content (AvgIpc) is 2.70. The van der Waals surface area contributed by atoms with E-state index < -0.39 is 0 Å². The second kappa shape index (κ2) is 7.54. The molecule has 1 atom stereocenters. The molecule has 5 nitrogen and oxygen atoms in total. The van der Waals surface area contributed by atoms with Crippen molar-refractivity contribution in [2.45, 2.75) is 6.04 Å². The number of hydrogen-bond acceptors (Lipinski definition) is 3. The Labute approximate surface area is 120 Å². The smallest absolute Gasteiger partial charge is 0.190 e. The molecule has 98 valence electrons. The van der Waals surface area contributed by atoms with Gasteiger partial charge in [0.15, 0.2) is 5.96 Å². The molecule has 0 bridgehead atoms. The predicted octanol–water partition coefficient (Wildman–Crippen LogP) is 1.38. The van der Waals surface area contributed by atoms with Gasteiger partial charge in [-0.15, -0.1) is 24.0 Å². The van der Waals surface area contributed by atoms with E-state index in [1.165, 1.54) is 0 Å². The van der Waals surface area contributed by atoms with Crippen LogP contribution in [0.4, 0.5) is 0 Å². The van der Waals surface area contributed by atoms with Crippen LogP contribution in [0.3, 0.4) is 0 Å². The molecule has 17 heavy (non-hydrogen) atoms. The average molecular weight is 352 g/mol. The maximum atomic E-state index is 5.75. The Bertz CT molecular complexity index is 335. The number of likely N-dealkylation sites (N-methyl/N-ethyl adjacent to an activating group) is 1. The summed E-state index contributed by atoms with van der Waals surface area (Å²) in [4.78, 5) is 8.17. The molecule has 0 fully saturated rings. The highest BCUT2D eigenvalue weighted by Crippen LogP contribution is 2.18. The molecule has 0 aliphatic heterocycles. The fourth-order valence-corrected chi connectivity index (χ4v) is 1.31. The molecule has 1 heterocycles. The summed E-state index contributed by atoms with van der Waals surface area (Å²) in [5.74, 6) is 1.43. The molecule has 0 saturated heterocycles. The van der Waals surface area contributed by atoms with E-state index in [0.29, 0.717) is 12.5 Å². The fraction of sp³-hybridized carbons (Fsp3) is 0.545. The van der Waals surface area contributed by atoms with Crippen LogP contribution < -0.4 is 5.73 Å². The van der Waals surface area contributed by atoms with Crippen molar-refractivity contribution < 1.29 is 4.42 Å². The zero-order valence-electron chi connectivity index (χ0n) is 10.8. The van der Waals surface area contributed by atoms with Crippen molar-refractivity contribution in [3.63, 3.8) is 0 Å². The highest BCUT2D eigenvalue weighted by atomic mass is 127. The van der Waals surface area contributed by atoms with Gasteiger partial charge in [0.2, 0.25) is 0 Å². The van der Waals surface area contributed by atoms with Crippen molar-refractivity contribution >= 4 is 29.9 Å². The van der Waals surface area contributed by atoms with Gasteiger partial charge in [0.05, 0.1) is 18.8 Å². The normalized spacial score (nSPS) is 13.4. The minimum atomic E-state index is 0. The van der Waals surface area contributed by atoms with E-state index in [-0.39, 0.29) is 30.0 Å². The first-order valence-corrected chi connectivity index (χ1v) is 5.19. The van der Waals surface area contributed by atoms with Crippen LogP contribution in [0.15, 0.2) is 27.8 Å². The molecule has 1 unspecified atom stereocenters. The van der Waals surface area contributed by atoms with Crippen molar-refractivity contribution in [3.05, 3.63) is 24.2 Å². The highest BCUT2D eigenvalue weighted by molar-refractivity contribution is 14.0. The van der Waals surface area contributed by atoms with Crippen molar-refractivity contribution in [1.29, 1.82) is 0 Å². The van der Waals surface area contributed by atoms with Crippen LogP contribution in [-0.4, -0.2) is 50.5 Å². The number of furan rings is 1. The van der Waals surface area contributed by atoms with Crippen LogP contribution in [0.5, 0.6) is 0 Å². The standard InChI is InChI=1S/C11H20N4O.HI/c1-14(2)9(10-6-5-7-16-10)8-13-11(12)15(3)4;/h5-7,9H,8H2,1-4H3,(H2,12,13);1H. The zero-order chi connectivity index (χ0) is 12.1. The number of nitrogens with two attached hydrogens (primary N) is 1. The van der Waals surface area contributed by atoms with E-state index in [1.54, 1.807) is 11.2 Å². The molecule has 6 heteroatoms. The Hall–Kier alpha value is -0.760. The van der Waals surface area contributed by atoms with Gasteiger partial charge < -0.3 is 15.1 Å². The lowest BCUT2D eigenvalue weighted by atomic mass is 10.2. The third-order valence-electron chi connectivity index (χ3n) is 2.38. The second-order valence-electron chi connectivity index (χ2n) is 4.09. The minimum absolute atomic E-state index is 0. The van der Waals surface area contributed by atoms with Gasteiger partial charge in [-0.3, -0.25) is 9.89 Å². The molecule has 0 aliphatic carbocycles. The Morgan fingerprint density at radius 1 is 1.41 bits per heavy atom. The van der Waals surface area contributed by atoms with Gasteiger partial charge in [-0.2, -0.15) is 0 Å². The van der Waals surface area contributed by atoms with Crippen molar-refractivity contribution in [2.24, 2.45) is 10.7 Å². The molecule has 0 aliphatic rings. The third kappa shape index (κ3) is 4.95. The van der Waals surface area contributed by atoms with E-state index in [9.17, 15) is 0 Å². The quantitative estimate of drug-likeness (QED) is 0.505. The van der Waals surface area contributed by atoms with Crippen LogP contribution in [0.2, 0.25) is 0 Å². The SMILES string of the molecule is CN(C)C(N)=NCC(c1ccco1)N(C)C.I. The summed E-state index contributed by atoms with van der Waals surface area (Å²) in [7, 11) is 7.73. The lowest BCUT2D eigenvalue weighted by molar-refractivity contribution is 0.264. The Morgan fingerprint density at radius 3 is 2.47 bits per heavy atom. The van der Waals surface area contributed by atoms with Gasteiger partial charge in [-0.25, -0.2) is 0 Å². The molecule has 0 spiro atoms. The summed E-state index contributed by atoms with van der Waals surface area (Å²) in [6, 6.07) is 3.95. The number of rotatable bonds is 4. The summed E-state index contributed by atoms with van der Waals surface area (Å²) >= 11 is 0. The predicted molar refractivity (Wildman–Crippen MR) is 80.7 cm³/mol. The van der Waals surface area contributed by atoms with Gasteiger partial charge in [0, 0.05) is 14.1 Å². The van der Waals surface area contributed by atoms with Crippen molar-refractivity contribution in [2.75, 3.05) is 34.7 Å². The second-order valence-corrected chi connectivity index (χ2v) is 4.09. The van der Waals surface area contributed by atoms with Gasteiger partial charge in [-0.05, 0) is 26.2 Å². The molecule has 1 aromatic heterocycles. The fourth-order valence-electron chi connectivity index (χ4n) is 1.31. The topological polar surface area (TPSA) is 58.0 Å². The van der Waals surface area contributed by atoms with Gasteiger partial charge >= 0.3 is 0 Å². The number of hydrogen-bond donors (Lipinski definition) is 1. The number of aliphatic imine (C=N–C) groups is 1. The zero-order valence-corrected chi connectivity index (χ0v) is 13.1. The lowest BCUT2D eigenvalue weighted by Crippen LogP contribution is -2.32. The van der Waals surface area contributed by atoms with Crippen LogP contribution in [-0.2, 0) is 0 Å². The summed E-state index contributed by atoms with van der Waals surface area (Å²) in [6.07, 6.45) is 1.67. The molecule has 0 radical (unpaired) electrons. The van der Waals surface area contributed by atoms with E-state index >= 15 is 0 Å². The molecular formula is C11H21IN4O. The number of nitrogens with zero attached hydrogens (tertiary/aromatic N) is 3. The Kier molecular flexibility index (Phi) is 7.21. The third-order valence-corrected chi connectivity index (χ3v) is 2.38. The maximum Gasteiger partial charge on any atom is 0.190 e. The number of guanidine groups is 1. The summed E-state index contributed by atoms with van der Waals surface area (Å²) < 4.78 is 5.38. The maximum absolute atomic E-state index is 5.75. The Morgan fingerprint density at radius 2 is 2.06 bits per heavy atom. The monoisotopic (exact) mass is 352 g/mol. The van der Waals surface area contributed by atoms with Crippen LogP contribution >= 0.6 is 24.0 Å². The molecule has 0 aromatic carbocycles.